The number of hydrogen-bond donors (Lipinski definition) is 0. The van der Waals surface area contributed by atoms with Crippen LogP contribution in [0.1, 0.15) is 68.4 Å². The predicted molar refractivity (Wildman–Crippen MR) is 132 cm³/mol. The maximum Gasteiger partial charge on any atom is 0.230 e. The normalized spacial score (nSPS) is 18.3. The number of pyridine rings is 1. The fourth-order valence-corrected chi connectivity index (χ4v) is 6.42. The van der Waals surface area contributed by atoms with Gasteiger partial charge in [-0.05, 0) is 69.4 Å². The molecule has 1 aromatic carbocycles. The van der Waals surface area contributed by atoms with Gasteiger partial charge >= 0.3 is 0 Å². The van der Waals surface area contributed by atoms with Crippen LogP contribution in [-0.4, -0.2) is 27.8 Å². The molecule has 0 bridgehead atoms. The number of aryl methyl sites for hydroxylation is 1. The lowest BCUT2D eigenvalue weighted by atomic mass is 9.97. The van der Waals surface area contributed by atoms with Crippen LogP contribution < -0.4 is 4.74 Å². The van der Waals surface area contributed by atoms with E-state index in [0.29, 0.717) is 17.9 Å². The van der Waals surface area contributed by atoms with E-state index in [1.54, 1.807) is 17.5 Å². The van der Waals surface area contributed by atoms with Crippen molar-refractivity contribution in [3.63, 3.8) is 0 Å². The summed E-state index contributed by atoms with van der Waals surface area (Å²) in [7, 11) is 0. The number of imide groups is 1. The molecule has 172 valence electrons. The predicted octanol–water partition coefficient (Wildman–Crippen LogP) is 6.85. The lowest BCUT2D eigenvalue weighted by Gasteiger charge is -2.26. The first-order valence-electron chi connectivity index (χ1n) is 11.6. The van der Waals surface area contributed by atoms with E-state index >= 15 is 0 Å². The first-order valence-corrected chi connectivity index (χ1v) is 12.8. The Morgan fingerprint density at radius 1 is 1.09 bits per heavy atom. The van der Waals surface area contributed by atoms with Gasteiger partial charge in [0.25, 0.3) is 0 Å². The number of rotatable bonds is 5. The van der Waals surface area contributed by atoms with Gasteiger partial charge in [-0.25, -0.2) is 0 Å². The van der Waals surface area contributed by atoms with Gasteiger partial charge in [0, 0.05) is 40.1 Å². The van der Waals surface area contributed by atoms with Crippen molar-refractivity contribution in [1.29, 1.82) is 0 Å². The summed E-state index contributed by atoms with van der Waals surface area (Å²) in [4.78, 5) is 31.5. The lowest BCUT2D eigenvalue weighted by Crippen LogP contribution is -2.31. The Hall–Kier alpha value is -2.44. The van der Waals surface area contributed by atoms with Crippen molar-refractivity contribution >= 4 is 45.0 Å². The SMILES string of the molecule is Cc1cc(Cl)cc(-c2ccnc3cc([C@H](C)N4C(=O)CCC4=O)sc23)c1OC1CCCCC1. The van der Waals surface area contributed by atoms with Crippen LogP contribution in [-0.2, 0) is 9.59 Å². The molecule has 7 heteroatoms. The molecule has 0 radical (unpaired) electrons. The third-order valence-corrected chi connectivity index (χ3v) is 8.23. The van der Waals surface area contributed by atoms with E-state index in [1.165, 1.54) is 24.2 Å². The lowest BCUT2D eigenvalue weighted by molar-refractivity contribution is -0.140. The van der Waals surface area contributed by atoms with Gasteiger partial charge in [-0.1, -0.05) is 18.0 Å². The van der Waals surface area contributed by atoms with Gasteiger partial charge in [0.2, 0.25) is 11.8 Å². The average molecular weight is 483 g/mol. The molecule has 0 spiro atoms. The fourth-order valence-electron chi connectivity index (χ4n) is 4.96. The second-order valence-electron chi connectivity index (χ2n) is 9.03. The molecule has 0 N–H and O–H groups in total. The van der Waals surface area contributed by atoms with E-state index in [1.807, 2.05) is 38.1 Å². The third kappa shape index (κ3) is 4.26. The maximum atomic E-state index is 12.3. The Bertz CT molecular complexity index is 1220. The van der Waals surface area contributed by atoms with Crippen molar-refractivity contribution in [2.75, 3.05) is 0 Å². The number of likely N-dealkylation sites (tertiary alicyclic amines) is 1. The first-order chi connectivity index (χ1) is 15.9. The van der Waals surface area contributed by atoms with Crippen LogP contribution in [0.15, 0.2) is 30.5 Å². The number of fused-ring (bicyclic) bond motifs is 1. The van der Waals surface area contributed by atoms with E-state index in [4.69, 9.17) is 16.3 Å². The molecule has 2 amide bonds. The van der Waals surface area contributed by atoms with Crippen LogP contribution in [0.2, 0.25) is 5.02 Å². The minimum absolute atomic E-state index is 0.105. The van der Waals surface area contributed by atoms with Crippen LogP contribution in [0.25, 0.3) is 21.3 Å². The summed E-state index contributed by atoms with van der Waals surface area (Å²) in [6.07, 6.45) is 8.43. The monoisotopic (exact) mass is 482 g/mol. The van der Waals surface area contributed by atoms with Crippen LogP contribution >= 0.6 is 22.9 Å². The number of aromatic nitrogens is 1. The molecule has 1 saturated heterocycles. The summed E-state index contributed by atoms with van der Waals surface area (Å²) in [5.74, 6) is 0.672. The molecule has 5 nitrogen and oxygen atoms in total. The van der Waals surface area contributed by atoms with Crippen LogP contribution in [0, 0.1) is 6.92 Å². The van der Waals surface area contributed by atoms with E-state index in [-0.39, 0.29) is 24.0 Å². The number of amides is 2. The highest BCUT2D eigenvalue weighted by molar-refractivity contribution is 7.19. The molecule has 2 aliphatic rings. The van der Waals surface area contributed by atoms with Gasteiger partial charge in [-0.15, -0.1) is 11.3 Å². The summed E-state index contributed by atoms with van der Waals surface area (Å²) in [6, 6.07) is 7.61. The molecule has 33 heavy (non-hydrogen) atoms. The number of carbonyl (C=O) groups excluding carboxylic acids is 2. The number of carbonyl (C=O) groups is 2. The van der Waals surface area contributed by atoms with Gasteiger partial charge in [0.05, 0.1) is 22.4 Å². The van der Waals surface area contributed by atoms with E-state index < -0.39 is 0 Å². The topological polar surface area (TPSA) is 59.5 Å². The Morgan fingerprint density at radius 3 is 2.55 bits per heavy atom. The smallest absolute Gasteiger partial charge is 0.230 e. The second kappa shape index (κ2) is 9.07. The number of thiophene rings is 1. The van der Waals surface area contributed by atoms with E-state index in [9.17, 15) is 9.59 Å². The van der Waals surface area contributed by atoms with Crippen molar-refractivity contribution < 1.29 is 14.3 Å². The molecule has 1 saturated carbocycles. The fraction of sp³-hybridized carbons (Fsp3) is 0.423. The van der Waals surface area contributed by atoms with Crippen molar-refractivity contribution in [1.82, 2.24) is 9.88 Å². The van der Waals surface area contributed by atoms with Gasteiger partial charge < -0.3 is 4.74 Å². The largest absolute Gasteiger partial charge is 0.490 e. The highest BCUT2D eigenvalue weighted by Gasteiger charge is 2.34. The van der Waals surface area contributed by atoms with Crippen molar-refractivity contribution in [3.05, 3.63) is 45.9 Å². The number of hydrogen-bond acceptors (Lipinski definition) is 5. The number of benzene rings is 1. The highest BCUT2D eigenvalue weighted by atomic mass is 35.5. The number of halogens is 1. The minimum atomic E-state index is -0.307. The van der Waals surface area contributed by atoms with Crippen molar-refractivity contribution in [3.8, 4) is 16.9 Å². The molecule has 1 aliphatic heterocycles. The molecular weight excluding hydrogens is 456 g/mol. The molecule has 3 aromatic rings. The van der Waals surface area contributed by atoms with E-state index in [2.05, 4.69) is 4.98 Å². The zero-order valence-electron chi connectivity index (χ0n) is 18.9. The summed E-state index contributed by atoms with van der Waals surface area (Å²) in [5, 5.41) is 0.668. The van der Waals surface area contributed by atoms with Gasteiger partial charge in [0.15, 0.2) is 0 Å². The van der Waals surface area contributed by atoms with Gasteiger partial charge in [-0.3, -0.25) is 19.5 Å². The summed E-state index contributed by atoms with van der Waals surface area (Å²) >= 11 is 8.07. The van der Waals surface area contributed by atoms with Gasteiger partial charge in [0.1, 0.15) is 5.75 Å². The van der Waals surface area contributed by atoms with Crippen LogP contribution in [0.3, 0.4) is 0 Å². The average Bonchev–Trinajstić information content (AvgIpc) is 3.38. The quantitative estimate of drug-likeness (QED) is 0.373. The Labute approximate surface area is 202 Å². The third-order valence-electron chi connectivity index (χ3n) is 6.69. The van der Waals surface area contributed by atoms with Crippen molar-refractivity contribution in [2.45, 2.75) is 70.9 Å². The second-order valence-corrected chi connectivity index (χ2v) is 10.6. The van der Waals surface area contributed by atoms with Crippen LogP contribution in [0.4, 0.5) is 0 Å². The van der Waals surface area contributed by atoms with Crippen molar-refractivity contribution in [2.24, 2.45) is 0 Å². The summed E-state index contributed by atoms with van der Waals surface area (Å²) in [5.41, 5.74) is 3.84. The summed E-state index contributed by atoms with van der Waals surface area (Å²) in [6.45, 7) is 3.95. The van der Waals surface area contributed by atoms with Crippen LogP contribution in [0.5, 0.6) is 5.75 Å². The molecule has 2 aromatic heterocycles. The molecule has 0 unspecified atom stereocenters. The molecule has 1 atom stereocenters. The van der Waals surface area contributed by atoms with E-state index in [0.717, 1.165) is 50.4 Å². The Balaban J connectivity index is 1.58. The number of nitrogens with zero attached hydrogens (tertiary/aromatic N) is 2. The zero-order chi connectivity index (χ0) is 23.1. The Kier molecular flexibility index (Phi) is 6.14. The molecule has 5 rings (SSSR count). The molecule has 2 fully saturated rings. The summed E-state index contributed by atoms with van der Waals surface area (Å²) < 4.78 is 7.58. The highest BCUT2D eigenvalue weighted by Crippen LogP contribution is 2.44. The molecular formula is C26H27ClN2O3S. The van der Waals surface area contributed by atoms with Gasteiger partial charge in [-0.2, -0.15) is 0 Å². The standard InChI is InChI=1S/C26H27ClN2O3S/c1-15-12-17(27)13-20(25(15)32-18-6-4-3-5-7-18)19-10-11-28-21-14-22(33-26(19)21)16(2)29-23(30)8-9-24(29)31/h10-14,16,18H,3-9H2,1-2H3/t16-/m0/s1. The minimum Gasteiger partial charge on any atom is -0.490 e. The Morgan fingerprint density at radius 2 is 1.82 bits per heavy atom. The first kappa shape index (κ1) is 22.4. The molecule has 3 heterocycles. The maximum absolute atomic E-state index is 12.3. The zero-order valence-corrected chi connectivity index (χ0v) is 20.5. The molecule has 1 aliphatic carbocycles. The number of ether oxygens (including phenoxy) is 1.